The number of aliphatic carboxylic acids is 1. The van der Waals surface area contributed by atoms with E-state index in [1.165, 1.54) is 11.9 Å². The molecule has 0 aromatic carbocycles. The van der Waals surface area contributed by atoms with E-state index in [4.69, 9.17) is 5.11 Å². The number of piperazine rings is 1. The van der Waals surface area contributed by atoms with Crippen LogP contribution in [0.2, 0.25) is 0 Å². The van der Waals surface area contributed by atoms with E-state index in [2.05, 4.69) is 10.6 Å². The van der Waals surface area contributed by atoms with Crippen LogP contribution in [0.4, 0.5) is 4.79 Å². The van der Waals surface area contributed by atoms with Gasteiger partial charge in [0.2, 0.25) is 0 Å². The molecule has 0 spiro atoms. The maximum atomic E-state index is 11.2. The van der Waals surface area contributed by atoms with Crippen molar-refractivity contribution < 1.29 is 14.7 Å². The van der Waals surface area contributed by atoms with E-state index in [9.17, 15) is 9.59 Å². The van der Waals surface area contributed by atoms with Crippen molar-refractivity contribution in [3.8, 4) is 0 Å². The van der Waals surface area contributed by atoms with Gasteiger partial charge >= 0.3 is 12.0 Å². The van der Waals surface area contributed by atoms with Gasteiger partial charge < -0.3 is 20.6 Å². The van der Waals surface area contributed by atoms with Crippen LogP contribution in [-0.4, -0.2) is 54.7 Å². The second kappa shape index (κ2) is 4.08. The number of carboxylic acid groups (broad SMARTS) is 1. The number of urea groups is 1. The largest absolute Gasteiger partial charge is 0.480 e. The zero-order valence-corrected chi connectivity index (χ0v) is 7.41. The molecule has 3 N–H and O–H groups in total. The van der Waals surface area contributed by atoms with Crippen LogP contribution in [-0.2, 0) is 4.79 Å². The molecule has 1 aliphatic rings. The highest BCUT2D eigenvalue weighted by Gasteiger charge is 2.31. The maximum Gasteiger partial charge on any atom is 0.327 e. The van der Waals surface area contributed by atoms with Crippen molar-refractivity contribution in [3.05, 3.63) is 0 Å². The molecular weight excluding hydrogens is 174 g/mol. The van der Waals surface area contributed by atoms with E-state index in [0.29, 0.717) is 19.6 Å². The Hall–Kier alpha value is -1.30. The van der Waals surface area contributed by atoms with Gasteiger partial charge in [0.25, 0.3) is 0 Å². The first-order chi connectivity index (χ1) is 6.16. The summed E-state index contributed by atoms with van der Waals surface area (Å²) in [6.07, 6.45) is 0. The van der Waals surface area contributed by atoms with E-state index in [1.807, 2.05) is 0 Å². The van der Waals surface area contributed by atoms with Crippen LogP contribution in [0.15, 0.2) is 0 Å². The lowest BCUT2D eigenvalue weighted by Crippen LogP contribution is -2.58. The van der Waals surface area contributed by atoms with Crippen molar-refractivity contribution in [1.29, 1.82) is 0 Å². The van der Waals surface area contributed by atoms with Crippen molar-refractivity contribution in [2.75, 3.05) is 26.7 Å². The molecule has 1 saturated heterocycles. The topological polar surface area (TPSA) is 81.7 Å². The molecule has 13 heavy (non-hydrogen) atoms. The number of hydrogen-bond acceptors (Lipinski definition) is 3. The Bertz CT molecular complexity index is 219. The summed E-state index contributed by atoms with van der Waals surface area (Å²) in [5.74, 6) is -0.976. The first-order valence-corrected chi connectivity index (χ1v) is 4.08. The molecule has 1 atom stereocenters. The molecule has 0 bridgehead atoms. The third-order valence-electron chi connectivity index (χ3n) is 2.00. The minimum absolute atomic E-state index is 0.308. The average Bonchev–Trinajstić information content (AvgIpc) is 2.16. The van der Waals surface area contributed by atoms with Crippen LogP contribution in [0.1, 0.15) is 0 Å². The summed E-state index contributed by atoms with van der Waals surface area (Å²) in [6.45, 7) is 1.37. The highest BCUT2D eigenvalue weighted by atomic mass is 16.4. The molecule has 0 aromatic rings. The summed E-state index contributed by atoms with van der Waals surface area (Å²) in [5, 5.41) is 14.1. The fraction of sp³-hybridized carbons (Fsp3) is 0.714. The summed E-state index contributed by atoms with van der Waals surface area (Å²) in [4.78, 5) is 23.2. The van der Waals surface area contributed by atoms with Gasteiger partial charge in [0.05, 0.1) is 0 Å². The number of rotatable bonds is 1. The van der Waals surface area contributed by atoms with Crippen LogP contribution in [0.5, 0.6) is 0 Å². The number of nitrogens with one attached hydrogen (secondary N) is 2. The highest BCUT2D eigenvalue weighted by molar-refractivity contribution is 5.82. The molecule has 0 aromatic heterocycles. The molecule has 0 saturated carbocycles. The number of carbonyl (C=O) groups is 2. The number of carboxylic acids is 1. The second-order valence-corrected chi connectivity index (χ2v) is 2.81. The molecule has 0 aliphatic carbocycles. The maximum absolute atomic E-state index is 11.2. The minimum Gasteiger partial charge on any atom is -0.480 e. The van der Waals surface area contributed by atoms with E-state index < -0.39 is 12.0 Å². The summed E-state index contributed by atoms with van der Waals surface area (Å²) in [6, 6.07) is -1.09. The average molecular weight is 187 g/mol. The smallest absolute Gasteiger partial charge is 0.327 e. The van der Waals surface area contributed by atoms with Crippen LogP contribution in [0.25, 0.3) is 0 Å². The van der Waals surface area contributed by atoms with Crippen molar-refractivity contribution >= 4 is 12.0 Å². The molecule has 1 heterocycles. The minimum atomic E-state index is -0.976. The van der Waals surface area contributed by atoms with Crippen molar-refractivity contribution in [1.82, 2.24) is 15.5 Å². The molecule has 6 nitrogen and oxygen atoms in total. The zero-order valence-electron chi connectivity index (χ0n) is 7.41. The molecule has 0 radical (unpaired) electrons. The van der Waals surface area contributed by atoms with Gasteiger partial charge in [-0.2, -0.15) is 0 Å². The Labute approximate surface area is 75.9 Å². The van der Waals surface area contributed by atoms with Crippen molar-refractivity contribution in [2.24, 2.45) is 0 Å². The predicted molar refractivity (Wildman–Crippen MR) is 45.5 cm³/mol. The van der Waals surface area contributed by atoms with Gasteiger partial charge in [0, 0.05) is 26.7 Å². The monoisotopic (exact) mass is 187 g/mol. The predicted octanol–water partition coefficient (Wildman–Crippen LogP) is -1.32. The van der Waals surface area contributed by atoms with E-state index in [-0.39, 0.29) is 6.03 Å². The molecule has 1 unspecified atom stereocenters. The molecule has 1 aliphatic heterocycles. The number of carbonyl (C=O) groups excluding carboxylic acids is 1. The quantitative estimate of drug-likeness (QED) is 0.476. The molecular formula is C7H13N3O3. The lowest BCUT2D eigenvalue weighted by Gasteiger charge is -2.32. The van der Waals surface area contributed by atoms with Crippen LogP contribution >= 0.6 is 0 Å². The Morgan fingerprint density at radius 2 is 2.31 bits per heavy atom. The Morgan fingerprint density at radius 1 is 1.62 bits per heavy atom. The first-order valence-electron chi connectivity index (χ1n) is 4.08. The third-order valence-corrected chi connectivity index (χ3v) is 2.00. The normalized spacial score (nSPS) is 22.5. The lowest BCUT2D eigenvalue weighted by molar-refractivity contribution is -0.142. The van der Waals surface area contributed by atoms with Gasteiger partial charge in [-0.05, 0) is 0 Å². The number of amides is 2. The van der Waals surface area contributed by atoms with Gasteiger partial charge in [-0.1, -0.05) is 0 Å². The fourth-order valence-electron chi connectivity index (χ4n) is 1.31. The zero-order chi connectivity index (χ0) is 9.84. The summed E-state index contributed by atoms with van der Waals surface area (Å²) >= 11 is 0. The molecule has 74 valence electrons. The number of nitrogens with zero attached hydrogens (tertiary/aromatic N) is 1. The van der Waals surface area contributed by atoms with Crippen LogP contribution < -0.4 is 10.6 Å². The van der Waals surface area contributed by atoms with Gasteiger partial charge in [-0.3, -0.25) is 0 Å². The third kappa shape index (κ3) is 2.09. The Morgan fingerprint density at radius 3 is 2.85 bits per heavy atom. The second-order valence-electron chi connectivity index (χ2n) is 2.81. The van der Waals surface area contributed by atoms with E-state index in [0.717, 1.165) is 0 Å². The van der Waals surface area contributed by atoms with Crippen LogP contribution in [0.3, 0.4) is 0 Å². The Balaban J connectivity index is 2.67. The standard InChI is InChI=1S/C7H13N3O3/c1-8-7(13)10-3-2-9-4-5(10)6(11)12/h5,9H,2-4H2,1H3,(H,8,13)(H,11,12). The lowest BCUT2D eigenvalue weighted by atomic mass is 10.2. The fourth-order valence-corrected chi connectivity index (χ4v) is 1.31. The van der Waals surface area contributed by atoms with Crippen molar-refractivity contribution in [2.45, 2.75) is 6.04 Å². The Kier molecular flexibility index (Phi) is 3.07. The summed E-state index contributed by atoms with van der Waals surface area (Å²) in [5.41, 5.74) is 0. The van der Waals surface area contributed by atoms with Gasteiger partial charge in [0.15, 0.2) is 0 Å². The molecule has 1 fully saturated rings. The van der Waals surface area contributed by atoms with E-state index in [1.54, 1.807) is 0 Å². The van der Waals surface area contributed by atoms with Gasteiger partial charge in [0.1, 0.15) is 6.04 Å². The summed E-state index contributed by atoms with van der Waals surface area (Å²) in [7, 11) is 1.49. The number of hydrogen-bond donors (Lipinski definition) is 3. The molecule has 6 heteroatoms. The van der Waals surface area contributed by atoms with Gasteiger partial charge in [-0.15, -0.1) is 0 Å². The van der Waals surface area contributed by atoms with Crippen LogP contribution in [0, 0.1) is 0 Å². The summed E-state index contributed by atoms with van der Waals surface area (Å²) < 4.78 is 0. The molecule has 2 amide bonds. The van der Waals surface area contributed by atoms with Gasteiger partial charge in [-0.25, -0.2) is 9.59 Å². The van der Waals surface area contributed by atoms with E-state index >= 15 is 0 Å². The first kappa shape index (κ1) is 9.79. The molecule has 1 rings (SSSR count). The highest BCUT2D eigenvalue weighted by Crippen LogP contribution is 2.03. The SMILES string of the molecule is CNC(=O)N1CCNCC1C(=O)O. The van der Waals surface area contributed by atoms with Crippen molar-refractivity contribution in [3.63, 3.8) is 0 Å².